The molecule has 6 heteroatoms. The van der Waals surface area contributed by atoms with Crippen molar-refractivity contribution in [2.45, 2.75) is 25.8 Å². The van der Waals surface area contributed by atoms with Crippen molar-refractivity contribution in [1.82, 2.24) is 20.1 Å². The molecule has 1 fully saturated rings. The molecule has 1 aliphatic rings. The van der Waals surface area contributed by atoms with Crippen LogP contribution in [0.4, 0.5) is 0 Å². The number of carbonyl (C=O) groups is 1. The summed E-state index contributed by atoms with van der Waals surface area (Å²) in [4.78, 5) is 17.4. The molecule has 0 bridgehead atoms. The predicted octanol–water partition coefficient (Wildman–Crippen LogP) is 3.47. The highest BCUT2D eigenvalue weighted by Crippen LogP contribution is 2.30. The summed E-state index contributed by atoms with van der Waals surface area (Å²) in [5.41, 5.74) is 3.37. The van der Waals surface area contributed by atoms with Gasteiger partial charge in [-0.25, -0.2) is 4.68 Å². The van der Waals surface area contributed by atoms with Crippen LogP contribution < -0.4 is 5.32 Å². The van der Waals surface area contributed by atoms with Gasteiger partial charge >= 0.3 is 0 Å². The van der Waals surface area contributed by atoms with Crippen molar-refractivity contribution in [2.75, 3.05) is 13.2 Å². The summed E-state index contributed by atoms with van der Waals surface area (Å²) in [6.45, 7) is 3.37. The monoisotopic (exact) mass is 376 g/mol. The van der Waals surface area contributed by atoms with E-state index in [1.54, 1.807) is 17.1 Å². The molecule has 6 nitrogen and oxygen atoms in total. The van der Waals surface area contributed by atoms with Crippen LogP contribution in [0.15, 0.2) is 61.1 Å². The Kier molecular flexibility index (Phi) is 5.48. The summed E-state index contributed by atoms with van der Waals surface area (Å²) in [6, 6.07) is 13.7. The van der Waals surface area contributed by atoms with Gasteiger partial charge in [0.2, 0.25) is 0 Å². The first-order valence-corrected chi connectivity index (χ1v) is 9.62. The van der Waals surface area contributed by atoms with Gasteiger partial charge in [0, 0.05) is 25.6 Å². The zero-order chi connectivity index (χ0) is 19.3. The van der Waals surface area contributed by atoms with Crippen LogP contribution in [0.25, 0.3) is 5.69 Å². The third kappa shape index (κ3) is 3.82. The molecule has 2 aromatic heterocycles. The maximum Gasteiger partial charge on any atom is 0.255 e. The Morgan fingerprint density at radius 3 is 2.64 bits per heavy atom. The molecule has 3 aromatic rings. The number of nitrogens with zero attached hydrogens (tertiary/aromatic N) is 3. The molecule has 0 saturated carbocycles. The molecule has 1 N–H and O–H groups in total. The highest BCUT2D eigenvalue weighted by atomic mass is 16.5. The summed E-state index contributed by atoms with van der Waals surface area (Å²) in [6.07, 6.45) is 7.06. The van der Waals surface area contributed by atoms with Crippen molar-refractivity contribution in [3.63, 3.8) is 0 Å². The van der Waals surface area contributed by atoms with Gasteiger partial charge in [0.15, 0.2) is 0 Å². The van der Waals surface area contributed by atoms with Crippen LogP contribution in [0.1, 0.15) is 40.5 Å². The molecule has 1 amide bonds. The first kappa shape index (κ1) is 18.4. The first-order valence-electron chi connectivity index (χ1n) is 9.62. The van der Waals surface area contributed by atoms with Gasteiger partial charge in [0.25, 0.3) is 5.91 Å². The maximum absolute atomic E-state index is 13.1. The summed E-state index contributed by atoms with van der Waals surface area (Å²) in [5.74, 6) is 0.214. The van der Waals surface area contributed by atoms with Crippen molar-refractivity contribution in [3.8, 4) is 5.69 Å². The van der Waals surface area contributed by atoms with Crippen LogP contribution in [0.3, 0.4) is 0 Å². The van der Waals surface area contributed by atoms with E-state index in [0.29, 0.717) is 11.5 Å². The Morgan fingerprint density at radius 1 is 1.14 bits per heavy atom. The van der Waals surface area contributed by atoms with Gasteiger partial charge in [-0.3, -0.25) is 9.78 Å². The zero-order valence-corrected chi connectivity index (χ0v) is 15.9. The van der Waals surface area contributed by atoms with E-state index >= 15 is 0 Å². The normalized spacial score (nSPS) is 15.9. The number of pyridine rings is 1. The SMILES string of the molecule is Cc1c(C(=O)NC(c2cccnc2)C2CCOCC2)cnn1-c1ccccc1. The number of para-hydroxylation sites is 1. The van der Waals surface area contributed by atoms with Crippen LogP contribution in [-0.2, 0) is 4.74 Å². The first-order chi connectivity index (χ1) is 13.7. The van der Waals surface area contributed by atoms with Crippen LogP contribution in [-0.4, -0.2) is 33.9 Å². The standard InChI is InChI=1S/C22H24N4O2/c1-16-20(15-24-26(16)19-7-3-2-4-8-19)22(27)25-21(17-9-12-28-13-10-17)18-6-5-11-23-14-18/h2-8,11,14-15,17,21H,9-10,12-13H2,1H3,(H,25,27). The van der Waals surface area contributed by atoms with Crippen LogP contribution in [0, 0.1) is 12.8 Å². The van der Waals surface area contributed by atoms with Crippen LogP contribution in [0.5, 0.6) is 0 Å². The molecule has 1 unspecified atom stereocenters. The fourth-order valence-electron chi connectivity index (χ4n) is 3.76. The fraction of sp³-hybridized carbons (Fsp3) is 0.318. The van der Waals surface area contributed by atoms with Gasteiger partial charge in [-0.05, 0) is 49.4 Å². The Labute approximate surface area is 164 Å². The summed E-state index contributed by atoms with van der Waals surface area (Å²) in [5, 5.41) is 7.66. The van der Waals surface area contributed by atoms with E-state index in [9.17, 15) is 4.79 Å². The number of rotatable bonds is 5. The number of amides is 1. The summed E-state index contributed by atoms with van der Waals surface area (Å²) >= 11 is 0. The molecule has 0 radical (unpaired) electrons. The lowest BCUT2D eigenvalue weighted by molar-refractivity contribution is 0.0513. The molecule has 1 aliphatic heterocycles. The third-order valence-electron chi connectivity index (χ3n) is 5.32. The quantitative estimate of drug-likeness (QED) is 0.740. The lowest BCUT2D eigenvalue weighted by Gasteiger charge is -2.31. The molecule has 3 heterocycles. The lowest BCUT2D eigenvalue weighted by atomic mass is 9.87. The highest BCUT2D eigenvalue weighted by Gasteiger charge is 2.28. The average molecular weight is 376 g/mol. The fourth-order valence-corrected chi connectivity index (χ4v) is 3.76. The Hall–Kier alpha value is -2.99. The molecule has 28 heavy (non-hydrogen) atoms. The summed E-state index contributed by atoms with van der Waals surface area (Å²) in [7, 11) is 0. The van der Waals surface area contributed by atoms with Crippen molar-refractivity contribution in [1.29, 1.82) is 0 Å². The van der Waals surface area contributed by atoms with Crippen molar-refractivity contribution in [3.05, 3.63) is 77.9 Å². The van der Waals surface area contributed by atoms with Crippen molar-refractivity contribution in [2.24, 2.45) is 5.92 Å². The minimum absolute atomic E-state index is 0.0930. The van der Waals surface area contributed by atoms with Gasteiger partial charge in [-0.2, -0.15) is 5.10 Å². The molecule has 4 rings (SSSR count). The molecule has 1 aromatic carbocycles. The highest BCUT2D eigenvalue weighted by molar-refractivity contribution is 5.95. The van der Waals surface area contributed by atoms with E-state index in [2.05, 4.69) is 15.4 Å². The van der Waals surface area contributed by atoms with Gasteiger partial charge in [0.05, 0.1) is 29.2 Å². The van der Waals surface area contributed by atoms with E-state index < -0.39 is 0 Å². The Bertz CT molecular complexity index is 918. The Balaban J connectivity index is 1.59. The molecule has 1 atom stereocenters. The van der Waals surface area contributed by atoms with Gasteiger partial charge in [-0.15, -0.1) is 0 Å². The maximum atomic E-state index is 13.1. The number of hydrogen-bond acceptors (Lipinski definition) is 4. The number of nitrogens with one attached hydrogen (secondary N) is 1. The molecule has 144 valence electrons. The third-order valence-corrected chi connectivity index (χ3v) is 5.32. The van der Waals surface area contributed by atoms with Gasteiger partial charge in [-0.1, -0.05) is 24.3 Å². The van der Waals surface area contributed by atoms with E-state index in [4.69, 9.17) is 4.74 Å². The number of benzene rings is 1. The van der Waals surface area contributed by atoms with Crippen LogP contribution in [0.2, 0.25) is 0 Å². The van der Waals surface area contributed by atoms with E-state index in [-0.39, 0.29) is 11.9 Å². The second-order valence-corrected chi connectivity index (χ2v) is 7.08. The second kappa shape index (κ2) is 8.35. The largest absolute Gasteiger partial charge is 0.381 e. The molecular weight excluding hydrogens is 352 g/mol. The predicted molar refractivity (Wildman–Crippen MR) is 106 cm³/mol. The smallest absolute Gasteiger partial charge is 0.255 e. The number of ether oxygens (including phenoxy) is 1. The molecule has 0 aliphatic carbocycles. The minimum Gasteiger partial charge on any atom is -0.381 e. The van der Waals surface area contributed by atoms with E-state index in [1.807, 2.05) is 55.6 Å². The topological polar surface area (TPSA) is 69.0 Å². The molecule has 0 spiro atoms. The van der Waals surface area contributed by atoms with E-state index in [0.717, 1.165) is 43.0 Å². The summed E-state index contributed by atoms with van der Waals surface area (Å²) < 4.78 is 7.30. The minimum atomic E-state index is -0.111. The lowest BCUT2D eigenvalue weighted by Crippen LogP contribution is -2.36. The molecule has 1 saturated heterocycles. The van der Waals surface area contributed by atoms with Crippen molar-refractivity contribution < 1.29 is 9.53 Å². The van der Waals surface area contributed by atoms with Gasteiger partial charge in [0.1, 0.15) is 0 Å². The number of aromatic nitrogens is 3. The van der Waals surface area contributed by atoms with E-state index in [1.165, 1.54) is 0 Å². The molecular formula is C22H24N4O2. The zero-order valence-electron chi connectivity index (χ0n) is 15.9. The number of carbonyl (C=O) groups excluding carboxylic acids is 1. The van der Waals surface area contributed by atoms with Crippen LogP contribution >= 0.6 is 0 Å². The second-order valence-electron chi connectivity index (χ2n) is 7.08. The average Bonchev–Trinajstić information content (AvgIpc) is 3.15. The van der Waals surface area contributed by atoms with Crippen molar-refractivity contribution >= 4 is 5.91 Å². The number of hydrogen-bond donors (Lipinski definition) is 1. The Morgan fingerprint density at radius 2 is 1.93 bits per heavy atom. The van der Waals surface area contributed by atoms with Gasteiger partial charge < -0.3 is 10.1 Å².